The van der Waals surface area contributed by atoms with Crippen molar-refractivity contribution in [3.8, 4) is 11.5 Å². The van der Waals surface area contributed by atoms with Crippen molar-refractivity contribution in [1.29, 1.82) is 0 Å². The van der Waals surface area contributed by atoms with Gasteiger partial charge in [-0.05, 0) is 49.2 Å². The molecule has 0 aliphatic heterocycles. The second-order valence-electron chi connectivity index (χ2n) is 8.25. The lowest BCUT2D eigenvalue weighted by molar-refractivity contribution is -0.138. The second kappa shape index (κ2) is 13.5. The Morgan fingerprint density at radius 1 is 0.711 bits per heavy atom. The summed E-state index contributed by atoms with van der Waals surface area (Å²) in [5.41, 5.74) is 1.91. The van der Waals surface area contributed by atoms with Crippen molar-refractivity contribution in [2.45, 2.75) is 13.8 Å². The molecule has 2 aromatic carbocycles. The number of aldehydes is 1. The number of rotatable bonds is 16. The molecule has 0 heterocycles. The fourth-order valence-electron chi connectivity index (χ4n) is 3.59. The topological polar surface area (TPSA) is 191 Å². The molecule has 0 saturated heterocycles. The molecule has 2 rings (SSSR count). The minimum atomic E-state index is -1.27. The third-order valence-electron chi connectivity index (χ3n) is 5.17. The summed E-state index contributed by atoms with van der Waals surface area (Å²) in [6.45, 7) is 0.728. The molecule has 38 heavy (non-hydrogen) atoms. The van der Waals surface area contributed by atoms with Crippen LogP contribution in [0.25, 0.3) is 0 Å². The Kier molecular flexibility index (Phi) is 10.4. The maximum absolute atomic E-state index is 11.4. The van der Waals surface area contributed by atoms with E-state index in [1.165, 1.54) is 12.1 Å². The monoisotopic (exact) mass is 532 g/mol. The molecule has 0 aliphatic carbocycles. The first kappa shape index (κ1) is 29.4. The minimum absolute atomic E-state index is 0.0617. The van der Waals surface area contributed by atoms with Crippen molar-refractivity contribution in [1.82, 2.24) is 0 Å². The number of hydrogen-bond acceptors (Lipinski definition) is 9. The van der Waals surface area contributed by atoms with Gasteiger partial charge in [0.15, 0.2) is 0 Å². The van der Waals surface area contributed by atoms with Crippen LogP contribution in [-0.4, -0.2) is 90.0 Å². The highest BCUT2D eigenvalue weighted by Gasteiger charge is 2.21. The SMILES string of the molecule is Cc1ccc(N(CC(=O)O)CC(=O)O)c(OCCOc2cc(C=O)c(C)cc2N(CC(=O)O)CC(=O)O)c1. The van der Waals surface area contributed by atoms with Crippen LogP contribution < -0.4 is 19.3 Å². The number of aryl methyl sites for hydroxylation is 2. The van der Waals surface area contributed by atoms with Gasteiger partial charge in [0.25, 0.3) is 0 Å². The van der Waals surface area contributed by atoms with Crippen LogP contribution in [0.15, 0.2) is 30.3 Å². The Morgan fingerprint density at radius 3 is 1.61 bits per heavy atom. The number of carboxylic acid groups (broad SMARTS) is 4. The van der Waals surface area contributed by atoms with Crippen LogP contribution in [0.1, 0.15) is 21.5 Å². The van der Waals surface area contributed by atoms with Gasteiger partial charge in [0.05, 0.1) is 11.4 Å². The van der Waals surface area contributed by atoms with E-state index in [2.05, 4.69) is 0 Å². The van der Waals surface area contributed by atoms with Gasteiger partial charge in [0.2, 0.25) is 0 Å². The summed E-state index contributed by atoms with van der Waals surface area (Å²) in [4.78, 5) is 58.8. The Balaban J connectivity index is 2.28. The summed E-state index contributed by atoms with van der Waals surface area (Å²) in [6.07, 6.45) is 0.583. The highest BCUT2D eigenvalue weighted by atomic mass is 16.5. The van der Waals surface area contributed by atoms with Crippen molar-refractivity contribution < 1.29 is 53.9 Å². The number of anilines is 2. The van der Waals surface area contributed by atoms with Crippen LogP contribution in [0.5, 0.6) is 11.5 Å². The maximum Gasteiger partial charge on any atom is 0.323 e. The van der Waals surface area contributed by atoms with Gasteiger partial charge in [-0.15, -0.1) is 0 Å². The molecule has 0 bridgehead atoms. The number of aliphatic carboxylic acids is 4. The lowest BCUT2D eigenvalue weighted by Crippen LogP contribution is -2.35. The van der Waals surface area contributed by atoms with E-state index in [4.69, 9.17) is 9.47 Å². The zero-order valence-electron chi connectivity index (χ0n) is 20.7. The summed E-state index contributed by atoms with van der Waals surface area (Å²) in [6, 6.07) is 7.65. The van der Waals surface area contributed by atoms with Crippen molar-refractivity contribution in [2.24, 2.45) is 0 Å². The molecule has 0 aromatic heterocycles. The summed E-state index contributed by atoms with van der Waals surface area (Å²) < 4.78 is 11.5. The third-order valence-corrected chi connectivity index (χ3v) is 5.17. The zero-order valence-corrected chi connectivity index (χ0v) is 20.7. The van der Waals surface area contributed by atoms with Gasteiger partial charge in [0, 0.05) is 5.56 Å². The molecule has 0 amide bonds. The van der Waals surface area contributed by atoms with Crippen LogP contribution in [0, 0.1) is 13.8 Å². The molecule has 0 saturated carbocycles. The Morgan fingerprint density at radius 2 is 1.16 bits per heavy atom. The van der Waals surface area contributed by atoms with Gasteiger partial charge in [-0.1, -0.05) is 6.07 Å². The second-order valence-corrected chi connectivity index (χ2v) is 8.25. The summed E-state index contributed by atoms with van der Waals surface area (Å²) in [5, 5.41) is 36.8. The first-order valence-corrected chi connectivity index (χ1v) is 11.2. The van der Waals surface area contributed by atoms with Crippen molar-refractivity contribution >= 4 is 41.5 Å². The van der Waals surface area contributed by atoms with Gasteiger partial charge >= 0.3 is 23.9 Å². The van der Waals surface area contributed by atoms with E-state index < -0.39 is 50.1 Å². The predicted octanol–water partition coefficient (Wildman–Crippen LogP) is 1.52. The lowest BCUT2D eigenvalue weighted by Gasteiger charge is -2.25. The van der Waals surface area contributed by atoms with Crippen LogP contribution in [-0.2, 0) is 19.2 Å². The van der Waals surface area contributed by atoms with Crippen molar-refractivity contribution in [3.63, 3.8) is 0 Å². The van der Waals surface area contributed by atoms with Gasteiger partial charge < -0.3 is 39.7 Å². The lowest BCUT2D eigenvalue weighted by atomic mass is 10.1. The van der Waals surface area contributed by atoms with Crippen molar-refractivity contribution in [2.75, 3.05) is 49.2 Å². The Bertz CT molecular complexity index is 1180. The fourth-order valence-corrected chi connectivity index (χ4v) is 3.59. The fraction of sp³-hybridized carbons (Fsp3) is 0.320. The largest absolute Gasteiger partial charge is 0.488 e. The number of carbonyl (C=O) groups excluding carboxylic acids is 1. The highest BCUT2D eigenvalue weighted by Crippen LogP contribution is 2.32. The molecule has 13 heteroatoms. The van der Waals surface area contributed by atoms with E-state index in [1.54, 1.807) is 32.0 Å². The van der Waals surface area contributed by atoms with Crippen LogP contribution >= 0.6 is 0 Å². The molecule has 4 N–H and O–H groups in total. The number of ether oxygens (including phenoxy) is 2. The average Bonchev–Trinajstić information content (AvgIpc) is 2.80. The van der Waals surface area contributed by atoms with Crippen LogP contribution in [0.2, 0.25) is 0 Å². The molecule has 0 aliphatic rings. The van der Waals surface area contributed by atoms with E-state index >= 15 is 0 Å². The van der Waals surface area contributed by atoms with Crippen molar-refractivity contribution in [3.05, 3.63) is 47.0 Å². The number of nitrogens with zero attached hydrogens (tertiary/aromatic N) is 2. The van der Waals surface area contributed by atoms with Crippen LogP contribution in [0.4, 0.5) is 11.4 Å². The van der Waals surface area contributed by atoms with Gasteiger partial charge in [-0.2, -0.15) is 0 Å². The summed E-state index contributed by atoms with van der Waals surface area (Å²) in [5.74, 6) is -4.72. The van der Waals surface area contributed by atoms with E-state index in [9.17, 15) is 44.4 Å². The van der Waals surface area contributed by atoms with E-state index in [-0.39, 0.29) is 41.7 Å². The van der Waals surface area contributed by atoms with Crippen LogP contribution in [0.3, 0.4) is 0 Å². The van der Waals surface area contributed by atoms with Gasteiger partial charge in [-0.25, -0.2) is 0 Å². The standard InChI is InChI=1S/C25H28N2O11/c1-15-3-4-18(26(10-22(29)30)11-23(31)32)20(7-15)37-5-6-38-21-9-17(14-28)16(2)8-19(21)27(12-24(33)34)13-25(35)36/h3-4,7-9,14H,5-6,10-13H2,1-2H3,(H,29,30)(H,31,32)(H,33,34)(H,35,36). The molecule has 0 radical (unpaired) electrons. The average molecular weight is 533 g/mol. The molecular weight excluding hydrogens is 504 g/mol. The molecule has 13 nitrogen and oxygen atoms in total. The highest BCUT2D eigenvalue weighted by molar-refractivity contribution is 5.85. The molecule has 0 fully saturated rings. The van der Waals surface area contributed by atoms with E-state index in [0.717, 1.165) is 15.4 Å². The molecule has 0 atom stereocenters. The molecule has 0 spiro atoms. The normalized spacial score (nSPS) is 10.4. The van der Waals surface area contributed by atoms with E-state index in [0.29, 0.717) is 11.8 Å². The Labute approximate surface area is 217 Å². The quantitative estimate of drug-likeness (QED) is 0.180. The van der Waals surface area contributed by atoms with Gasteiger partial charge in [-0.3, -0.25) is 24.0 Å². The van der Waals surface area contributed by atoms with Gasteiger partial charge in [0.1, 0.15) is 57.2 Å². The number of hydrogen-bond donors (Lipinski definition) is 4. The molecular formula is C25H28N2O11. The summed E-state index contributed by atoms with van der Waals surface area (Å²) in [7, 11) is 0. The van der Waals surface area contributed by atoms with E-state index in [1.807, 2.05) is 0 Å². The number of benzene rings is 2. The number of carboxylic acids is 4. The first-order valence-electron chi connectivity index (χ1n) is 11.2. The first-order chi connectivity index (χ1) is 17.9. The number of carbonyl (C=O) groups is 5. The molecule has 0 unspecified atom stereocenters. The predicted molar refractivity (Wildman–Crippen MR) is 134 cm³/mol. The maximum atomic E-state index is 11.4. The minimum Gasteiger partial charge on any atom is -0.488 e. The zero-order chi connectivity index (χ0) is 28.4. The third kappa shape index (κ3) is 8.69. The molecule has 204 valence electrons. The smallest absolute Gasteiger partial charge is 0.323 e. The molecule has 2 aromatic rings. The Hall–Kier alpha value is -4.81. The summed E-state index contributed by atoms with van der Waals surface area (Å²) >= 11 is 0.